The van der Waals surface area contributed by atoms with Crippen LogP contribution in [0.5, 0.6) is 0 Å². The quantitative estimate of drug-likeness (QED) is 0.178. The van der Waals surface area contributed by atoms with Crippen molar-refractivity contribution in [3.8, 4) is 56.4 Å². The minimum atomic E-state index is 0.0189. The van der Waals surface area contributed by atoms with E-state index in [-0.39, 0.29) is 5.41 Å². The Hall–Kier alpha value is -6.43. The fourth-order valence-electron chi connectivity index (χ4n) is 12.7. The van der Waals surface area contributed by atoms with E-state index in [2.05, 4.69) is 140 Å². The Bertz CT molecular complexity index is 3370. The van der Waals surface area contributed by atoms with Crippen LogP contribution in [0.3, 0.4) is 0 Å². The third-order valence-electron chi connectivity index (χ3n) is 14.9. The lowest BCUT2D eigenvalue weighted by atomic mass is 9.43. The lowest BCUT2D eigenvalue weighted by molar-refractivity contribution is -0.0399. The molecule has 4 fully saturated rings. The highest BCUT2D eigenvalue weighted by molar-refractivity contribution is 7.26. The van der Waals surface area contributed by atoms with Crippen molar-refractivity contribution in [3.05, 3.63) is 163 Å². The molecule has 0 radical (unpaired) electrons. The van der Waals surface area contributed by atoms with Gasteiger partial charge in [-0.2, -0.15) is 0 Å². The molecule has 5 heteroatoms. The molecule has 0 N–H and O–H groups in total. The molecule has 0 aliphatic heterocycles. The van der Waals surface area contributed by atoms with Crippen LogP contribution in [0, 0.1) is 23.7 Å². The molecule has 0 unspecified atom stereocenters. The second kappa shape index (κ2) is 12.3. The van der Waals surface area contributed by atoms with Crippen LogP contribution in [0.25, 0.3) is 98.5 Å². The average Bonchev–Trinajstić information content (AvgIpc) is 3.96. The minimum absolute atomic E-state index is 0.0189. The van der Waals surface area contributed by atoms with Gasteiger partial charge in [-0.1, -0.05) is 121 Å². The number of aromatic nitrogens is 3. The van der Waals surface area contributed by atoms with Crippen LogP contribution in [0.4, 0.5) is 0 Å². The van der Waals surface area contributed by atoms with Gasteiger partial charge in [0, 0.05) is 53.1 Å². The summed E-state index contributed by atoms with van der Waals surface area (Å²) in [5.41, 5.74) is 13.2. The summed E-state index contributed by atoms with van der Waals surface area (Å²) in [4.78, 5) is 16.1. The molecule has 0 saturated heterocycles. The Balaban J connectivity index is 0.983. The first kappa shape index (κ1) is 33.4. The van der Waals surface area contributed by atoms with Crippen LogP contribution in [0.15, 0.2) is 156 Å². The number of fused-ring (bicyclic) bond motifs is 10. The van der Waals surface area contributed by atoms with E-state index in [1.807, 2.05) is 23.5 Å². The van der Waals surface area contributed by atoms with Gasteiger partial charge >= 0.3 is 0 Å². The Morgan fingerprint density at radius 3 is 1.88 bits per heavy atom. The first-order valence-electron chi connectivity index (χ1n) is 21.6. The molecule has 5 aliphatic rings. The smallest absolute Gasteiger partial charge is 0.165 e. The predicted octanol–water partition coefficient (Wildman–Crippen LogP) is 14.5. The molecule has 15 rings (SSSR count). The van der Waals surface area contributed by atoms with Gasteiger partial charge in [-0.15, -0.1) is 11.3 Å². The Morgan fingerprint density at radius 1 is 0.467 bits per heavy atom. The zero-order valence-corrected chi connectivity index (χ0v) is 33.8. The second-order valence-electron chi connectivity index (χ2n) is 17.9. The van der Waals surface area contributed by atoms with Crippen molar-refractivity contribution in [3.63, 3.8) is 0 Å². The monoisotopic (exact) mass is 789 g/mol. The summed E-state index contributed by atoms with van der Waals surface area (Å²) in [6, 6.07) is 54.9. The molecule has 4 bridgehead atoms. The van der Waals surface area contributed by atoms with Gasteiger partial charge < -0.3 is 4.42 Å². The van der Waals surface area contributed by atoms with E-state index in [0.717, 1.165) is 67.4 Å². The molecule has 5 aliphatic carbocycles. The average molecular weight is 790 g/mol. The molecule has 60 heavy (non-hydrogen) atoms. The van der Waals surface area contributed by atoms with Crippen molar-refractivity contribution in [2.24, 2.45) is 23.7 Å². The third-order valence-corrected chi connectivity index (χ3v) is 16.1. The van der Waals surface area contributed by atoms with Gasteiger partial charge in [0.05, 0.1) is 0 Å². The Morgan fingerprint density at radius 2 is 1.08 bits per heavy atom. The second-order valence-corrected chi connectivity index (χ2v) is 19.0. The van der Waals surface area contributed by atoms with Crippen molar-refractivity contribution in [2.45, 2.75) is 37.5 Å². The molecular formula is C55H39N3OS. The standard InChI is InChI=1S/C55H39N3OS/c1-2-10-34(11-3-1)52-56-53(35-20-18-33(19-21-35)36-22-23-47-42(29-36)39-12-5-8-16-46(39)59-47)58-54(57-52)43-30-45-49(50-41-14-6-9-17-48(41)60-51(43)50)40-13-4-7-15-44(40)55(45)37-25-31-24-32(27-37)28-38(55)26-31/h1-23,29-32,37-38H,24-28H2. The number of rotatable bonds is 4. The molecule has 4 nitrogen and oxygen atoms in total. The van der Waals surface area contributed by atoms with E-state index in [1.165, 1.54) is 69.0 Å². The number of hydrogen-bond acceptors (Lipinski definition) is 5. The first-order chi connectivity index (χ1) is 29.7. The fraction of sp³-hybridized carbons (Fsp3) is 0.182. The maximum atomic E-state index is 6.14. The first-order valence-corrected chi connectivity index (χ1v) is 22.4. The van der Waals surface area contributed by atoms with Crippen LogP contribution >= 0.6 is 11.3 Å². The summed E-state index contributed by atoms with van der Waals surface area (Å²) in [5, 5.41) is 4.97. The summed E-state index contributed by atoms with van der Waals surface area (Å²) in [6.07, 6.45) is 6.80. The number of furan rings is 1. The lowest BCUT2D eigenvalue weighted by Crippen LogP contribution is -2.55. The molecule has 3 aromatic heterocycles. The fourth-order valence-corrected chi connectivity index (χ4v) is 14.0. The van der Waals surface area contributed by atoms with Crippen molar-refractivity contribution in [1.82, 2.24) is 15.0 Å². The van der Waals surface area contributed by atoms with Gasteiger partial charge in [0.25, 0.3) is 0 Å². The van der Waals surface area contributed by atoms with Gasteiger partial charge in [0.2, 0.25) is 0 Å². The largest absolute Gasteiger partial charge is 0.456 e. The van der Waals surface area contributed by atoms with E-state index in [9.17, 15) is 0 Å². The number of benzene rings is 7. The molecule has 0 atom stereocenters. The van der Waals surface area contributed by atoms with Gasteiger partial charge in [0.1, 0.15) is 11.2 Å². The maximum Gasteiger partial charge on any atom is 0.165 e. The highest BCUT2D eigenvalue weighted by atomic mass is 32.1. The van der Waals surface area contributed by atoms with Gasteiger partial charge in [-0.25, -0.2) is 15.0 Å². The molecule has 3 heterocycles. The molecular weight excluding hydrogens is 751 g/mol. The zero-order chi connectivity index (χ0) is 39.1. The van der Waals surface area contributed by atoms with Crippen LogP contribution in [-0.2, 0) is 5.41 Å². The van der Waals surface area contributed by atoms with E-state index in [4.69, 9.17) is 19.4 Å². The van der Waals surface area contributed by atoms with Crippen molar-refractivity contribution >= 4 is 53.4 Å². The van der Waals surface area contributed by atoms with Gasteiger partial charge in [0.15, 0.2) is 17.5 Å². The van der Waals surface area contributed by atoms with Gasteiger partial charge in [-0.05, 0) is 119 Å². The Kier molecular flexibility index (Phi) is 6.85. The summed E-state index contributed by atoms with van der Waals surface area (Å²) in [7, 11) is 0. The molecule has 7 aromatic carbocycles. The predicted molar refractivity (Wildman–Crippen MR) is 245 cm³/mol. The normalized spacial score (nSPS) is 22.4. The van der Waals surface area contributed by atoms with E-state index in [0.29, 0.717) is 23.5 Å². The zero-order valence-electron chi connectivity index (χ0n) is 32.9. The topological polar surface area (TPSA) is 51.8 Å². The summed E-state index contributed by atoms with van der Waals surface area (Å²) in [6.45, 7) is 0. The third kappa shape index (κ3) is 4.59. The van der Waals surface area contributed by atoms with Crippen molar-refractivity contribution in [2.75, 3.05) is 0 Å². The highest BCUT2D eigenvalue weighted by Crippen LogP contribution is 2.70. The Labute approximate surface area is 351 Å². The van der Waals surface area contributed by atoms with E-state index in [1.54, 1.807) is 5.56 Å². The number of nitrogens with zero attached hydrogens (tertiary/aromatic N) is 3. The van der Waals surface area contributed by atoms with Crippen LogP contribution < -0.4 is 0 Å². The van der Waals surface area contributed by atoms with E-state index < -0.39 is 0 Å². The molecule has 286 valence electrons. The molecule has 1 spiro atoms. The highest BCUT2D eigenvalue weighted by Gasteiger charge is 2.62. The van der Waals surface area contributed by atoms with Gasteiger partial charge in [-0.3, -0.25) is 0 Å². The minimum Gasteiger partial charge on any atom is -0.456 e. The van der Waals surface area contributed by atoms with Crippen molar-refractivity contribution in [1.29, 1.82) is 0 Å². The van der Waals surface area contributed by atoms with Crippen LogP contribution in [-0.4, -0.2) is 15.0 Å². The van der Waals surface area contributed by atoms with Crippen LogP contribution in [0.1, 0.15) is 43.2 Å². The van der Waals surface area contributed by atoms with Crippen molar-refractivity contribution < 1.29 is 4.42 Å². The molecule has 0 amide bonds. The maximum absolute atomic E-state index is 6.14. The summed E-state index contributed by atoms with van der Waals surface area (Å²) < 4.78 is 8.71. The molecule has 4 saturated carbocycles. The summed E-state index contributed by atoms with van der Waals surface area (Å²) >= 11 is 1.89. The lowest BCUT2D eigenvalue weighted by Gasteiger charge is -2.61. The number of hydrogen-bond donors (Lipinski definition) is 0. The van der Waals surface area contributed by atoms with E-state index >= 15 is 0 Å². The SMILES string of the molecule is c1ccc(-c2nc(-c3ccc(-c4ccc5oc6ccccc6c5c4)cc3)nc(-c3cc4c(c5c3sc3ccccc35)-c3ccccc3C43C4CC5CC(C4)CC3C5)n2)cc1. The number of thiophene rings is 1. The molecule has 10 aromatic rings. The summed E-state index contributed by atoms with van der Waals surface area (Å²) in [5.74, 6) is 5.19. The van der Waals surface area contributed by atoms with Crippen LogP contribution in [0.2, 0.25) is 0 Å². The number of para-hydroxylation sites is 1.